The third-order valence-electron chi connectivity index (χ3n) is 3.77. The lowest BCUT2D eigenvalue weighted by atomic mass is 10.0. The molecule has 5 nitrogen and oxygen atoms in total. The van der Waals surface area contributed by atoms with Gasteiger partial charge in [0, 0.05) is 6.07 Å². The average molecular weight is 364 g/mol. The topological polar surface area (TPSA) is 70.8 Å². The summed E-state index contributed by atoms with van der Waals surface area (Å²) in [5, 5.41) is 0.371. The summed E-state index contributed by atoms with van der Waals surface area (Å²) < 4.78 is 16.4. The van der Waals surface area contributed by atoms with Crippen LogP contribution in [0.3, 0.4) is 0 Å². The Balaban J connectivity index is 2.38. The molecule has 0 aliphatic carbocycles. The Bertz CT molecular complexity index is 748. The Labute approximate surface area is 152 Å². The number of hydrogen-bond donors (Lipinski definition) is 1. The summed E-state index contributed by atoms with van der Waals surface area (Å²) in [7, 11) is 2.98. The second kappa shape index (κ2) is 8.62. The molecular weight excluding hydrogens is 342 g/mol. The van der Waals surface area contributed by atoms with Crippen LogP contribution in [0.15, 0.2) is 36.4 Å². The number of carbonyl (C=O) groups excluding carboxylic acids is 1. The average Bonchev–Trinajstić information content (AvgIpc) is 2.62. The summed E-state index contributed by atoms with van der Waals surface area (Å²) in [6.45, 7) is 1.98. The Morgan fingerprint density at radius 3 is 2.40 bits per heavy atom. The molecule has 6 heteroatoms. The zero-order valence-corrected chi connectivity index (χ0v) is 15.3. The van der Waals surface area contributed by atoms with Crippen molar-refractivity contribution in [2.45, 2.75) is 25.9 Å². The number of benzene rings is 2. The lowest BCUT2D eigenvalue weighted by Gasteiger charge is -2.20. The first kappa shape index (κ1) is 18.9. The highest BCUT2D eigenvalue weighted by molar-refractivity contribution is 6.32. The van der Waals surface area contributed by atoms with Crippen molar-refractivity contribution in [3.8, 4) is 17.2 Å². The molecule has 2 aromatic carbocycles. The van der Waals surface area contributed by atoms with Gasteiger partial charge in [-0.15, -0.1) is 0 Å². The Hall–Kier alpha value is -2.40. The monoisotopic (exact) mass is 363 g/mol. The third-order valence-corrected chi connectivity index (χ3v) is 4.07. The number of ketones is 1. The van der Waals surface area contributed by atoms with Crippen LogP contribution < -0.4 is 19.9 Å². The number of para-hydroxylation sites is 2. The lowest BCUT2D eigenvalue weighted by molar-refractivity contribution is 0.0775. The standard InChI is InChI=1S/C19H22ClNO4/c1-4-7-16(25-15-9-6-5-8-14(15)21)19(22)12-10-18(24-3)13(20)11-17(12)23-2/h5-6,8-11,16H,4,7,21H2,1-3H3. The second-order valence-corrected chi connectivity index (χ2v) is 5.89. The highest BCUT2D eigenvalue weighted by Crippen LogP contribution is 2.34. The Kier molecular flexibility index (Phi) is 6.53. The molecule has 0 saturated heterocycles. The van der Waals surface area contributed by atoms with Gasteiger partial charge >= 0.3 is 0 Å². The molecule has 1 unspecified atom stereocenters. The zero-order valence-electron chi connectivity index (χ0n) is 14.5. The molecule has 0 bridgehead atoms. The van der Waals surface area contributed by atoms with E-state index in [-0.39, 0.29) is 5.78 Å². The first-order valence-electron chi connectivity index (χ1n) is 7.98. The molecule has 0 spiro atoms. The summed E-state index contributed by atoms with van der Waals surface area (Å²) in [6.07, 6.45) is 0.631. The maximum absolute atomic E-state index is 13.1. The van der Waals surface area contributed by atoms with Crippen LogP contribution in [0.5, 0.6) is 17.2 Å². The van der Waals surface area contributed by atoms with E-state index in [2.05, 4.69) is 0 Å². The van der Waals surface area contributed by atoms with Crippen molar-refractivity contribution < 1.29 is 19.0 Å². The van der Waals surface area contributed by atoms with E-state index in [4.69, 9.17) is 31.5 Å². The van der Waals surface area contributed by atoms with Gasteiger partial charge in [0.1, 0.15) is 17.2 Å². The van der Waals surface area contributed by atoms with Gasteiger partial charge in [-0.1, -0.05) is 37.1 Å². The smallest absolute Gasteiger partial charge is 0.207 e. The molecule has 0 aromatic heterocycles. The fourth-order valence-corrected chi connectivity index (χ4v) is 2.70. The molecule has 0 fully saturated rings. The predicted molar refractivity (Wildman–Crippen MR) is 99.1 cm³/mol. The minimum Gasteiger partial charge on any atom is -0.496 e. The normalized spacial score (nSPS) is 11.7. The summed E-state index contributed by atoms with van der Waals surface area (Å²) in [5.74, 6) is 1.05. The SMILES string of the molecule is CCCC(Oc1ccccc1N)C(=O)c1cc(OC)c(Cl)cc1OC. The highest BCUT2D eigenvalue weighted by Gasteiger charge is 2.26. The molecule has 0 aliphatic heterocycles. The maximum atomic E-state index is 13.1. The van der Waals surface area contributed by atoms with Gasteiger partial charge in [0.25, 0.3) is 0 Å². The van der Waals surface area contributed by atoms with Gasteiger partial charge < -0.3 is 19.9 Å². The molecule has 2 rings (SSSR count). The van der Waals surface area contributed by atoms with Gasteiger partial charge in [0.05, 0.1) is 30.5 Å². The summed E-state index contributed by atoms with van der Waals surface area (Å²) in [6, 6.07) is 10.2. The van der Waals surface area contributed by atoms with E-state index in [1.807, 2.05) is 19.1 Å². The number of halogens is 1. The van der Waals surface area contributed by atoms with Gasteiger partial charge in [-0.25, -0.2) is 0 Å². The van der Waals surface area contributed by atoms with Crippen LogP contribution >= 0.6 is 11.6 Å². The molecule has 134 valence electrons. The number of hydrogen-bond acceptors (Lipinski definition) is 5. The van der Waals surface area contributed by atoms with Crippen molar-refractivity contribution in [1.29, 1.82) is 0 Å². The largest absolute Gasteiger partial charge is 0.496 e. The fourth-order valence-electron chi connectivity index (χ4n) is 2.47. The van der Waals surface area contributed by atoms with Crippen LogP contribution in [-0.2, 0) is 0 Å². The third kappa shape index (κ3) is 4.37. The van der Waals surface area contributed by atoms with E-state index < -0.39 is 6.10 Å². The zero-order chi connectivity index (χ0) is 18.4. The van der Waals surface area contributed by atoms with Crippen molar-refractivity contribution in [2.75, 3.05) is 20.0 Å². The van der Waals surface area contributed by atoms with Crippen molar-refractivity contribution in [3.63, 3.8) is 0 Å². The van der Waals surface area contributed by atoms with E-state index in [1.54, 1.807) is 24.3 Å². The first-order valence-corrected chi connectivity index (χ1v) is 8.36. The molecule has 0 amide bonds. The van der Waals surface area contributed by atoms with E-state index >= 15 is 0 Å². The van der Waals surface area contributed by atoms with Crippen LogP contribution in [0, 0.1) is 0 Å². The van der Waals surface area contributed by atoms with Crippen LogP contribution in [0.25, 0.3) is 0 Å². The van der Waals surface area contributed by atoms with Gasteiger partial charge in [0.15, 0.2) is 6.10 Å². The Morgan fingerprint density at radius 2 is 1.80 bits per heavy atom. The van der Waals surface area contributed by atoms with Crippen molar-refractivity contribution in [2.24, 2.45) is 0 Å². The molecule has 2 aromatic rings. The first-order chi connectivity index (χ1) is 12.0. The van der Waals surface area contributed by atoms with Crippen LogP contribution in [0.4, 0.5) is 5.69 Å². The van der Waals surface area contributed by atoms with Gasteiger partial charge in [0.2, 0.25) is 5.78 Å². The number of nitrogen functional groups attached to an aromatic ring is 1. The van der Waals surface area contributed by atoms with Crippen molar-refractivity contribution in [3.05, 3.63) is 47.0 Å². The van der Waals surface area contributed by atoms with Crippen molar-refractivity contribution >= 4 is 23.1 Å². The van der Waals surface area contributed by atoms with E-state index in [9.17, 15) is 4.79 Å². The number of nitrogens with two attached hydrogens (primary N) is 1. The van der Waals surface area contributed by atoms with E-state index in [0.29, 0.717) is 39.9 Å². The van der Waals surface area contributed by atoms with E-state index in [0.717, 1.165) is 6.42 Å². The molecule has 0 aliphatic rings. The fraction of sp³-hybridized carbons (Fsp3) is 0.316. The molecule has 0 radical (unpaired) electrons. The van der Waals surface area contributed by atoms with Crippen molar-refractivity contribution in [1.82, 2.24) is 0 Å². The molecule has 1 atom stereocenters. The molecule has 0 heterocycles. The van der Waals surface area contributed by atoms with Gasteiger partial charge in [-0.2, -0.15) is 0 Å². The molecule has 25 heavy (non-hydrogen) atoms. The summed E-state index contributed by atoms with van der Waals surface area (Å²) in [5.41, 5.74) is 6.77. The molecule has 2 N–H and O–H groups in total. The lowest BCUT2D eigenvalue weighted by Crippen LogP contribution is -2.28. The number of ether oxygens (including phenoxy) is 3. The maximum Gasteiger partial charge on any atom is 0.207 e. The predicted octanol–water partition coefficient (Wildman–Crippen LogP) is 4.37. The van der Waals surface area contributed by atoms with Crippen LogP contribution in [0.2, 0.25) is 5.02 Å². The molecule has 0 saturated carbocycles. The highest BCUT2D eigenvalue weighted by atomic mass is 35.5. The number of Topliss-reactive ketones (excluding diaryl/α,β-unsaturated/α-hetero) is 1. The minimum absolute atomic E-state index is 0.211. The van der Waals surface area contributed by atoms with Gasteiger partial charge in [-0.3, -0.25) is 4.79 Å². The minimum atomic E-state index is -0.686. The van der Waals surface area contributed by atoms with Crippen LogP contribution in [-0.4, -0.2) is 26.1 Å². The second-order valence-electron chi connectivity index (χ2n) is 5.48. The number of methoxy groups -OCH3 is 2. The number of carbonyl (C=O) groups is 1. The Morgan fingerprint density at radius 1 is 1.12 bits per heavy atom. The van der Waals surface area contributed by atoms with E-state index in [1.165, 1.54) is 14.2 Å². The quantitative estimate of drug-likeness (QED) is 0.557. The number of rotatable bonds is 8. The number of anilines is 1. The summed E-state index contributed by atoms with van der Waals surface area (Å²) >= 11 is 6.11. The summed E-state index contributed by atoms with van der Waals surface area (Å²) in [4.78, 5) is 13.1. The van der Waals surface area contributed by atoms with Crippen LogP contribution in [0.1, 0.15) is 30.1 Å². The van der Waals surface area contributed by atoms with Gasteiger partial charge in [-0.05, 0) is 24.6 Å². The molecular formula is C19H22ClNO4.